The van der Waals surface area contributed by atoms with Gasteiger partial charge in [-0.2, -0.15) is 0 Å². The van der Waals surface area contributed by atoms with Crippen molar-refractivity contribution in [1.29, 1.82) is 0 Å². The van der Waals surface area contributed by atoms with Crippen LogP contribution in [0, 0.1) is 5.82 Å². The van der Waals surface area contributed by atoms with Gasteiger partial charge >= 0.3 is 0 Å². The fraction of sp³-hybridized carbons (Fsp3) is 0.381. The number of benzene rings is 2. The first kappa shape index (κ1) is 19.9. The van der Waals surface area contributed by atoms with E-state index in [4.69, 9.17) is 9.47 Å². The molecule has 1 aliphatic rings. The van der Waals surface area contributed by atoms with Crippen LogP contribution in [0.1, 0.15) is 10.4 Å². The maximum absolute atomic E-state index is 13.0. The monoisotopic (exact) mass is 387 g/mol. The highest BCUT2D eigenvalue weighted by molar-refractivity contribution is 5.94. The van der Waals surface area contributed by atoms with Crippen molar-refractivity contribution in [3.63, 3.8) is 0 Å². The van der Waals surface area contributed by atoms with Crippen molar-refractivity contribution in [1.82, 2.24) is 10.2 Å². The Morgan fingerprint density at radius 3 is 2.32 bits per heavy atom. The van der Waals surface area contributed by atoms with Crippen molar-refractivity contribution >= 4 is 11.6 Å². The number of carbonyl (C=O) groups excluding carboxylic acids is 1. The zero-order valence-corrected chi connectivity index (χ0v) is 16.3. The lowest BCUT2D eigenvalue weighted by molar-refractivity contribution is 0.0947. The molecule has 1 N–H and O–H groups in total. The number of halogens is 1. The number of hydrogen-bond donors (Lipinski definition) is 1. The highest BCUT2D eigenvalue weighted by Gasteiger charge is 2.17. The Morgan fingerprint density at radius 1 is 1.00 bits per heavy atom. The van der Waals surface area contributed by atoms with Crippen LogP contribution in [-0.4, -0.2) is 64.3 Å². The van der Waals surface area contributed by atoms with E-state index >= 15 is 0 Å². The van der Waals surface area contributed by atoms with Crippen molar-refractivity contribution in [2.75, 3.05) is 58.4 Å². The van der Waals surface area contributed by atoms with E-state index in [0.29, 0.717) is 23.6 Å². The van der Waals surface area contributed by atoms with Crippen molar-refractivity contribution in [2.24, 2.45) is 0 Å². The van der Waals surface area contributed by atoms with Crippen molar-refractivity contribution < 1.29 is 18.7 Å². The number of piperazine rings is 1. The molecule has 1 saturated heterocycles. The molecule has 0 bridgehead atoms. The summed E-state index contributed by atoms with van der Waals surface area (Å²) in [4.78, 5) is 16.9. The lowest BCUT2D eigenvalue weighted by Gasteiger charge is -2.36. The molecular formula is C21H26FN3O3. The predicted octanol–water partition coefficient (Wildman–Crippen LogP) is 2.39. The first-order chi connectivity index (χ1) is 13.6. The molecule has 1 heterocycles. The van der Waals surface area contributed by atoms with E-state index in [1.54, 1.807) is 32.4 Å². The summed E-state index contributed by atoms with van der Waals surface area (Å²) >= 11 is 0. The van der Waals surface area contributed by atoms with E-state index in [1.807, 2.05) is 12.1 Å². The van der Waals surface area contributed by atoms with Crippen molar-refractivity contribution in [3.05, 3.63) is 53.8 Å². The van der Waals surface area contributed by atoms with Gasteiger partial charge in [0, 0.05) is 50.5 Å². The highest BCUT2D eigenvalue weighted by atomic mass is 19.1. The topological polar surface area (TPSA) is 54.0 Å². The molecule has 0 spiro atoms. The molecule has 0 aromatic heterocycles. The van der Waals surface area contributed by atoms with E-state index in [2.05, 4.69) is 15.1 Å². The summed E-state index contributed by atoms with van der Waals surface area (Å²) in [7, 11) is 3.11. The Morgan fingerprint density at radius 2 is 1.68 bits per heavy atom. The minimum atomic E-state index is -0.215. The van der Waals surface area contributed by atoms with Crippen molar-refractivity contribution in [2.45, 2.75) is 0 Å². The fourth-order valence-corrected chi connectivity index (χ4v) is 3.29. The largest absolute Gasteiger partial charge is 0.493 e. The van der Waals surface area contributed by atoms with Crippen LogP contribution in [0.4, 0.5) is 10.1 Å². The van der Waals surface area contributed by atoms with Crippen LogP contribution in [0.5, 0.6) is 11.5 Å². The normalized spacial score (nSPS) is 14.6. The predicted molar refractivity (Wildman–Crippen MR) is 107 cm³/mol. The number of rotatable bonds is 7. The summed E-state index contributed by atoms with van der Waals surface area (Å²) < 4.78 is 23.5. The molecule has 150 valence electrons. The summed E-state index contributed by atoms with van der Waals surface area (Å²) in [5.74, 6) is 0.781. The first-order valence-electron chi connectivity index (χ1n) is 9.34. The Hall–Kier alpha value is -2.80. The zero-order valence-electron chi connectivity index (χ0n) is 16.3. The quantitative estimate of drug-likeness (QED) is 0.791. The molecule has 0 saturated carbocycles. The van der Waals surface area contributed by atoms with E-state index in [1.165, 1.54) is 12.1 Å². The molecule has 0 atom stereocenters. The second kappa shape index (κ2) is 9.41. The number of nitrogens with one attached hydrogen (secondary N) is 1. The summed E-state index contributed by atoms with van der Waals surface area (Å²) in [5.41, 5.74) is 1.58. The Labute approximate surface area is 164 Å². The number of anilines is 1. The maximum Gasteiger partial charge on any atom is 0.251 e. The molecule has 2 aromatic rings. The average molecular weight is 387 g/mol. The van der Waals surface area contributed by atoms with Crippen LogP contribution in [0.3, 0.4) is 0 Å². The summed E-state index contributed by atoms with van der Waals surface area (Å²) in [5, 5.41) is 2.95. The molecule has 0 radical (unpaired) electrons. The van der Waals surface area contributed by atoms with Crippen LogP contribution in [0.25, 0.3) is 0 Å². The van der Waals surface area contributed by atoms with Gasteiger partial charge in [0.15, 0.2) is 11.5 Å². The molecule has 2 aromatic carbocycles. The van der Waals surface area contributed by atoms with E-state index in [9.17, 15) is 9.18 Å². The number of hydrogen-bond acceptors (Lipinski definition) is 5. The molecule has 0 aliphatic carbocycles. The lowest BCUT2D eigenvalue weighted by atomic mass is 10.2. The van der Waals surface area contributed by atoms with Gasteiger partial charge < -0.3 is 19.7 Å². The zero-order chi connectivity index (χ0) is 19.9. The molecule has 0 unspecified atom stereocenters. The van der Waals surface area contributed by atoms with Gasteiger partial charge in [-0.05, 0) is 42.5 Å². The third kappa shape index (κ3) is 4.92. The smallest absolute Gasteiger partial charge is 0.251 e. The van der Waals surface area contributed by atoms with Gasteiger partial charge in [-0.25, -0.2) is 4.39 Å². The van der Waals surface area contributed by atoms with E-state index in [0.717, 1.165) is 38.4 Å². The molecule has 1 aliphatic heterocycles. The van der Waals surface area contributed by atoms with Gasteiger partial charge in [-0.15, -0.1) is 0 Å². The SMILES string of the molecule is COc1ccc(C(=O)NCCN2CCN(c3ccc(F)cc3)CC2)cc1OC. The number of amides is 1. The number of ether oxygens (including phenoxy) is 2. The lowest BCUT2D eigenvalue weighted by Crippen LogP contribution is -2.48. The summed E-state index contributed by atoms with van der Waals surface area (Å²) in [6, 6.07) is 11.7. The second-order valence-corrected chi connectivity index (χ2v) is 6.63. The molecular weight excluding hydrogens is 361 g/mol. The Kier molecular flexibility index (Phi) is 6.71. The van der Waals surface area contributed by atoms with Crippen LogP contribution in [0.15, 0.2) is 42.5 Å². The van der Waals surface area contributed by atoms with Gasteiger partial charge in [0.05, 0.1) is 14.2 Å². The van der Waals surface area contributed by atoms with Crippen LogP contribution >= 0.6 is 0 Å². The third-order valence-corrected chi connectivity index (χ3v) is 4.92. The van der Waals surface area contributed by atoms with E-state index in [-0.39, 0.29) is 11.7 Å². The second-order valence-electron chi connectivity index (χ2n) is 6.63. The molecule has 1 amide bonds. The maximum atomic E-state index is 13.0. The highest BCUT2D eigenvalue weighted by Crippen LogP contribution is 2.27. The Bertz CT molecular complexity index is 790. The first-order valence-corrected chi connectivity index (χ1v) is 9.34. The van der Waals surface area contributed by atoms with Crippen molar-refractivity contribution in [3.8, 4) is 11.5 Å². The van der Waals surface area contributed by atoms with Crippen LogP contribution in [0.2, 0.25) is 0 Å². The fourth-order valence-electron chi connectivity index (χ4n) is 3.29. The molecule has 3 rings (SSSR count). The van der Waals surface area contributed by atoms with Gasteiger partial charge in [-0.1, -0.05) is 0 Å². The summed E-state index contributed by atoms with van der Waals surface area (Å²) in [6.07, 6.45) is 0. The average Bonchev–Trinajstić information content (AvgIpc) is 2.74. The number of nitrogens with zero attached hydrogens (tertiary/aromatic N) is 2. The minimum Gasteiger partial charge on any atom is -0.493 e. The van der Waals surface area contributed by atoms with Gasteiger partial charge in [0.25, 0.3) is 5.91 Å². The molecule has 7 heteroatoms. The van der Waals surface area contributed by atoms with E-state index < -0.39 is 0 Å². The standard InChI is InChI=1S/C21H26FN3O3/c1-27-19-8-3-16(15-20(19)28-2)21(26)23-9-10-24-11-13-25(14-12-24)18-6-4-17(22)5-7-18/h3-8,15H,9-14H2,1-2H3,(H,23,26). The van der Waals surface area contributed by atoms with Crippen LogP contribution in [-0.2, 0) is 0 Å². The van der Waals surface area contributed by atoms with Gasteiger partial charge in [-0.3, -0.25) is 9.69 Å². The third-order valence-electron chi connectivity index (χ3n) is 4.92. The molecule has 1 fully saturated rings. The molecule has 6 nitrogen and oxygen atoms in total. The number of carbonyl (C=O) groups is 1. The minimum absolute atomic E-state index is 0.133. The van der Waals surface area contributed by atoms with Gasteiger partial charge in [0.1, 0.15) is 5.82 Å². The number of methoxy groups -OCH3 is 2. The van der Waals surface area contributed by atoms with Crippen LogP contribution < -0.4 is 19.7 Å². The summed E-state index contributed by atoms with van der Waals surface area (Å²) in [6.45, 7) is 4.94. The molecule has 28 heavy (non-hydrogen) atoms. The Balaban J connectivity index is 1.43. The van der Waals surface area contributed by atoms with Gasteiger partial charge in [0.2, 0.25) is 0 Å².